The molecule has 2 rings (SSSR count). The first-order chi connectivity index (χ1) is 8.56. The van der Waals surface area contributed by atoms with Crippen molar-refractivity contribution < 1.29 is 14.3 Å². The van der Waals surface area contributed by atoms with Crippen LogP contribution in [-0.2, 0) is 14.3 Å². The quantitative estimate of drug-likeness (QED) is 0.725. The molecule has 3 heteroatoms. The first-order valence-electron chi connectivity index (χ1n) is 7.15. The minimum absolute atomic E-state index is 0.132. The summed E-state index contributed by atoms with van der Waals surface area (Å²) in [5.41, 5.74) is 0. The van der Waals surface area contributed by atoms with Crippen molar-refractivity contribution in [3.05, 3.63) is 0 Å². The van der Waals surface area contributed by atoms with E-state index >= 15 is 0 Å². The summed E-state index contributed by atoms with van der Waals surface area (Å²) in [7, 11) is 1.44. The zero-order chi connectivity index (χ0) is 13.3. The Morgan fingerprint density at radius 3 is 2.61 bits per heavy atom. The number of ether oxygens (including phenoxy) is 1. The molecule has 2 aliphatic carbocycles. The summed E-state index contributed by atoms with van der Waals surface area (Å²) in [6.45, 7) is 4.42. The Labute approximate surface area is 109 Å². The highest BCUT2D eigenvalue weighted by atomic mass is 16.5. The van der Waals surface area contributed by atoms with Crippen molar-refractivity contribution in [3.8, 4) is 0 Å². The first kappa shape index (κ1) is 13.6. The molecule has 2 fully saturated rings. The lowest BCUT2D eigenvalue weighted by atomic mass is 9.51. The third-order valence-corrected chi connectivity index (χ3v) is 5.30. The van der Waals surface area contributed by atoms with Crippen molar-refractivity contribution in [2.75, 3.05) is 7.11 Å². The average molecular weight is 252 g/mol. The molecule has 0 aromatic heterocycles. The molecular formula is C15H24O3. The Kier molecular flexibility index (Phi) is 4.08. The SMILES string of the molecule is COC(=O)CC1C(C)C(C)C1C1CCCCC1=O. The van der Waals surface area contributed by atoms with Crippen LogP contribution in [0.4, 0.5) is 0 Å². The number of rotatable bonds is 3. The highest BCUT2D eigenvalue weighted by Crippen LogP contribution is 2.53. The summed E-state index contributed by atoms with van der Waals surface area (Å²) < 4.78 is 4.78. The highest BCUT2D eigenvalue weighted by Gasteiger charge is 2.51. The molecule has 0 heterocycles. The normalized spacial score (nSPS) is 40.2. The van der Waals surface area contributed by atoms with Gasteiger partial charge in [0.25, 0.3) is 0 Å². The number of hydrogen-bond donors (Lipinski definition) is 0. The second-order valence-electron chi connectivity index (χ2n) is 6.06. The van der Waals surface area contributed by atoms with E-state index in [4.69, 9.17) is 4.74 Å². The van der Waals surface area contributed by atoms with Crippen molar-refractivity contribution >= 4 is 11.8 Å². The van der Waals surface area contributed by atoms with Gasteiger partial charge in [0, 0.05) is 18.8 Å². The molecular weight excluding hydrogens is 228 g/mol. The van der Waals surface area contributed by atoms with Gasteiger partial charge in [-0.05, 0) is 36.5 Å². The minimum atomic E-state index is -0.132. The van der Waals surface area contributed by atoms with Crippen LogP contribution in [0.25, 0.3) is 0 Å². The summed E-state index contributed by atoms with van der Waals surface area (Å²) in [6, 6.07) is 0. The van der Waals surface area contributed by atoms with Crippen LogP contribution in [0.3, 0.4) is 0 Å². The van der Waals surface area contributed by atoms with Gasteiger partial charge in [0.2, 0.25) is 0 Å². The van der Waals surface area contributed by atoms with E-state index in [9.17, 15) is 9.59 Å². The van der Waals surface area contributed by atoms with Crippen LogP contribution in [-0.4, -0.2) is 18.9 Å². The van der Waals surface area contributed by atoms with E-state index in [0.29, 0.717) is 35.9 Å². The highest BCUT2D eigenvalue weighted by molar-refractivity contribution is 5.82. The fourth-order valence-corrected chi connectivity index (χ4v) is 4.01. The van der Waals surface area contributed by atoms with Gasteiger partial charge in [-0.3, -0.25) is 9.59 Å². The van der Waals surface area contributed by atoms with E-state index in [1.807, 2.05) is 0 Å². The molecule has 18 heavy (non-hydrogen) atoms. The molecule has 3 nitrogen and oxygen atoms in total. The van der Waals surface area contributed by atoms with Crippen molar-refractivity contribution in [1.29, 1.82) is 0 Å². The third kappa shape index (κ3) is 2.32. The monoisotopic (exact) mass is 252 g/mol. The van der Waals surface area contributed by atoms with Crippen LogP contribution < -0.4 is 0 Å². The Morgan fingerprint density at radius 1 is 1.28 bits per heavy atom. The summed E-state index contributed by atoms with van der Waals surface area (Å²) >= 11 is 0. The maximum Gasteiger partial charge on any atom is 0.305 e. The molecule has 0 aliphatic heterocycles. The van der Waals surface area contributed by atoms with Gasteiger partial charge in [-0.25, -0.2) is 0 Å². The summed E-state index contributed by atoms with van der Waals surface area (Å²) in [5, 5.41) is 0. The molecule has 102 valence electrons. The van der Waals surface area contributed by atoms with Gasteiger partial charge < -0.3 is 4.74 Å². The fourth-order valence-electron chi connectivity index (χ4n) is 4.01. The van der Waals surface area contributed by atoms with Gasteiger partial charge in [0.15, 0.2) is 0 Å². The molecule has 5 unspecified atom stereocenters. The number of esters is 1. The summed E-state index contributed by atoms with van der Waals surface area (Å²) in [4.78, 5) is 23.5. The molecule has 2 aliphatic rings. The predicted molar refractivity (Wildman–Crippen MR) is 68.9 cm³/mol. The average Bonchev–Trinajstić information content (AvgIpc) is 2.39. The van der Waals surface area contributed by atoms with Crippen molar-refractivity contribution in [2.45, 2.75) is 46.0 Å². The van der Waals surface area contributed by atoms with Crippen molar-refractivity contribution in [3.63, 3.8) is 0 Å². The van der Waals surface area contributed by atoms with Crippen LogP contribution in [0.1, 0.15) is 46.0 Å². The number of hydrogen-bond acceptors (Lipinski definition) is 3. The maximum absolute atomic E-state index is 12.1. The van der Waals surface area contributed by atoms with E-state index in [2.05, 4.69) is 13.8 Å². The smallest absolute Gasteiger partial charge is 0.305 e. The third-order valence-electron chi connectivity index (χ3n) is 5.30. The second-order valence-corrected chi connectivity index (χ2v) is 6.06. The summed E-state index contributed by atoms with van der Waals surface area (Å²) in [6.07, 6.45) is 4.47. The molecule has 0 saturated heterocycles. The fraction of sp³-hybridized carbons (Fsp3) is 0.867. The molecule has 2 saturated carbocycles. The first-order valence-corrected chi connectivity index (χ1v) is 7.15. The zero-order valence-corrected chi connectivity index (χ0v) is 11.6. The topological polar surface area (TPSA) is 43.4 Å². The largest absolute Gasteiger partial charge is 0.469 e. The summed E-state index contributed by atoms with van der Waals surface area (Å²) in [5.74, 6) is 2.36. The lowest BCUT2D eigenvalue weighted by molar-refractivity contribution is -0.151. The van der Waals surface area contributed by atoms with Crippen LogP contribution in [0, 0.1) is 29.6 Å². The van der Waals surface area contributed by atoms with E-state index in [-0.39, 0.29) is 11.9 Å². The van der Waals surface area contributed by atoms with Gasteiger partial charge in [-0.2, -0.15) is 0 Å². The molecule has 0 spiro atoms. The molecule has 0 aromatic carbocycles. The maximum atomic E-state index is 12.1. The number of methoxy groups -OCH3 is 1. The molecule has 0 radical (unpaired) electrons. The van der Waals surface area contributed by atoms with E-state index in [1.54, 1.807) is 0 Å². The number of carbonyl (C=O) groups is 2. The van der Waals surface area contributed by atoms with Gasteiger partial charge >= 0.3 is 5.97 Å². The van der Waals surface area contributed by atoms with E-state index in [1.165, 1.54) is 13.5 Å². The van der Waals surface area contributed by atoms with E-state index < -0.39 is 0 Å². The van der Waals surface area contributed by atoms with Crippen LogP contribution in [0.2, 0.25) is 0 Å². The standard InChI is InChI=1S/C15H24O3/c1-9-10(2)15(12(9)8-14(17)18-3)11-6-4-5-7-13(11)16/h9-12,15H,4-8H2,1-3H3. The van der Waals surface area contributed by atoms with Crippen molar-refractivity contribution in [1.82, 2.24) is 0 Å². The number of ketones is 1. The number of carbonyl (C=O) groups excluding carboxylic acids is 2. The Bertz CT molecular complexity index is 337. The zero-order valence-electron chi connectivity index (χ0n) is 11.6. The van der Waals surface area contributed by atoms with Gasteiger partial charge in [-0.1, -0.05) is 20.3 Å². The molecule has 5 atom stereocenters. The molecule has 0 N–H and O–H groups in total. The second kappa shape index (κ2) is 5.41. The van der Waals surface area contributed by atoms with Gasteiger partial charge in [0.05, 0.1) is 7.11 Å². The Hall–Kier alpha value is -0.860. The predicted octanol–water partition coefficient (Wildman–Crippen LogP) is 2.83. The lowest BCUT2D eigenvalue weighted by Crippen LogP contribution is -2.51. The Morgan fingerprint density at radius 2 is 2.00 bits per heavy atom. The molecule has 0 amide bonds. The Balaban J connectivity index is 2.05. The van der Waals surface area contributed by atoms with E-state index in [0.717, 1.165) is 19.3 Å². The van der Waals surface area contributed by atoms with Gasteiger partial charge in [0.1, 0.15) is 5.78 Å². The van der Waals surface area contributed by atoms with Crippen molar-refractivity contribution in [2.24, 2.45) is 29.6 Å². The van der Waals surface area contributed by atoms with Crippen LogP contribution in [0.5, 0.6) is 0 Å². The molecule has 0 bridgehead atoms. The van der Waals surface area contributed by atoms with Crippen LogP contribution >= 0.6 is 0 Å². The van der Waals surface area contributed by atoms with Crippen LogP contribution in [0.15, 0.2) is 0 Å². The lowest BCUT2D eigenvalue weighted by Gasteiger charge is -2.53. The van der Waals surface area contributed by atoms with Gasteiger partial charge in [-0.15, -0.1) is 0 Å². The molecule has 0 aromatic rings. The number of Topliss-reactive ketones (excluding diaryl/α,β-unsaturated/α-hetero) is 1. The minimum Gasteiger partial charge on any atom is -0.469 e.